The first-order valence-corrected chi connectivity index (χ1v) is 5.62. The lowest BCUT2D eigenvalue weighted by molar-refractivity contribution is 0.230. The van der Waals surface area contributed by atoms with Crippen LogP contribution in [0.25, 0.3) is 0 Å². The highest BCUT2D eigenvalue weighted by atomic mass is 14.9. The maximum atomic E-state index is 3.53. The first-order valence-electron chi connectivity index (χ1n) is 5.62. The van der Waals surface area contributed by atoms with Gasteiger partial charge in [0.25, 0.3) is 0 Å². The summed E-state index contributed by atoms with van der Waals surface area (Å²) in [5.41, 5.74) is 2.22. The molecule has 1 aliphatic heterocycles. The molecule has 2 fully saturated rings. The molecule has 1 saturated carbocycles. The number of piperidine rings is 1. The average Bonchev–Trinajstić information content (AvgIpc) is 2.06. The molecule has 1 N–H and O–H groups in total. The number of hydrogen-bond acceptors (Lipinski definition) is 1. The summed E-state index contributed by atoms with van der Waals surface area (Å²) in [7, 11) is 0. The van der Waals surface area contributed by atoms with Crippen LogP contribution < -0.4 is 5.32 Å². The minimum atomic E-state index is 0.567. The second-order valence-corrected chi connectivity index (χ2v) is 5.13. The number of rotatable bonds is 1. The molecule has 1 heterocycles. The summed E-state index contributed by atoms with van der Waals surface area (Å²) in [5.74, 6) is 0. The molecule has 1 unspecified atom stereocenters. The number of nitrogens with one attached hydrogen (secondary N) is 1. The predicted octanol–water partition coefficient (Wildman–Crippen LogP) is 2.87. The van der Waals surface area contributed by atoms with Gasteiger partial charge in [0.05, 0.1) is 0 Å². The Morgan fingerprint density at radius 2 is 2.23 bits per heavy atom. The summed E-state index contributed by atoms with van der Waals surface area (Å²) in [6, 6.07) is 0.728. The fourth-order valence-electron chi connectivity index (χ4n) is 2.39. The van der Waals surface area contributed by atoms with Crippen molar-refractivity contribution in [1.29, 1.82) is 0 Å². The van der Waals surface area contributed by atoms with Crippen molar-refractivity contribution >= 4 is 0 Å². The van der Waals surface area contributed by atoms with E-state index in [1.807, 2.05) is 0 Å². The van der Waals surface area contributed by atoms with Crippen LogP contribution in [0, 0.1) is 5.41 Å². The minimum absolute atomic E-state index is 0.567. The van der Waals surface area contributed by atoms with Crippen LogP contribution >= 0.6 is 0 Å². The smallest absolute Gasteiger partial charge is 0.0167 e. The third-order valence-electron chi connectivity index (χ3n) is 3.62. The molecule has 0 spiro atoms. The minimum Gasteiger partial charge on any atom is -0.311 e. The van der Waals surface area contributed by atoms with Gasteiger partial charge < -0.3 is 5.32 Å². The van der Waals surface area contributed by atoms with E-state index in [1.54, 1.807) is 5.57 Å². The number of hydrogen-bond donors (Lipinski definition) is 1. The van der Waals surface area contributed by atoms with Gasteiger partial charge in [-0.15, -0.1) is 0 Å². The van der Waals surface area contributed by atoms with Gasteiger partial charge in [0.2, 0.25) is 0 Å². The van der Waals surface area contributed by atoms with Gasteiger partial charge in [-0.3, -0.25) is 0 Å². The molecule has 0 aromatic carbocycles. The zero-order valence-corrected chi connectivity index (χ0v) is 8.90. The van der Waals surface area contributed by atoms with Crippen molar-refractivity contribution in [3.05, 3.63) is 11.6 Å². The molecule has 74 valence electrons. The van der Waals surface area contributed by atoms with Gasteiger partial charge >= 0.3 is 0 Å². The Balaban J connectivity index is 1.93. The van der Waals surface area contributed by atoms with E-state index in [0.717, 1.165) is 12.6 Å². The summed E-state index contributed by atoms with van der Waals surface area (Å²) in [6.07, 6.45) is 9.45. The molecule has 13 heavy (non-hydrogen) atoms. The highest BCUT2D eigenvalue weighted by Gasteiger charge is 2.30. The molecule has 2 rings (SSSR count). The average molecular weight is 179 g/mol. The van der Waals surface area contributed by atoms with E-state index in [0.29, 0.717) is 5.41 Å². The third kappa shape index (κ3) is 2.14. The molecule has 0 radical (unpaired) electrons. The first kappa shape index (κ1) is 9.26. The van der Waals surface area contributed by atoms with Gasteiger partial charge in [-0.25, -0.2) is 0 Å². The van der Waals surface area contributed by atoms with E-state index in [2.05, 4.69) is 25.2 Å². The monoisotopic (exact) mass is 179 g/mol. The van der Waals surface area contributed by atoms with Gasteiger partial charge in [0, 0.05) is 12.6 Å². The van der Waals surface area contributed by atoms with Crippen LogP contribution in [0.5, 0.6) is 0 Å². The predicted molar refractivity (Wildman–Crippen MR) is 56.7 cm³/mol. The van der Waals surface area contributed by atoms with Crippen molar-refractivity contribution < 1.29 is 0 Å². The van der Waals surface area contributed by atoms with Crippen molar-refractivity contribution in [2.24, 2.45) is 5.41 Å². The molecule has 1 aliphatic carbocycles. The van der Waals surface area contributed by atoms with Gasteiger partial charge in [-0.05, 0) is 38.0 Å². The normalized spacial score (nSPS) is 35.8. The van der Waals surface area contributed by atoms with Crippen molar-refractivity contribution in [2.45, 2.75) is 52.0 Å². The summed E-state index contributed by atoms with van der Waals surface area (Å²) in [4.78, 5) is 0. The molecular formula is C12H21N. The third-order valence-corrected chi connectivity index (χ3v) is 3.62. The van der Waals surface area contributed by atoms with E-state index in [-0.39, 0.29) is 0 Å². The van der Waals surface area contributed by atoms with Gasteiger partial charge in [0.1, 0.15) is 0 Å². The van der Waals surface area contributed by atoms with Crippen LogP contribution in [-0.2, 0) is 0 Å². The lowest BCUT2D eigenvalue weighted by Crippen LogP contribution is -2.34. The summed E-state index contributed by atoms with van der Waals surface area (Å²) in [5, 5.41) is 3.53. The van der Waals surface area contributed by atoms with E-state index in [1.165, 1.54) is 32.1 Å². The highest BCUT2D eigenvalue weighted by Crippen LogP contribution is 2.42. The summed E-state index contributed by atoms with van der Waals surface area (Å²) < 4.78 is 0. The van der Waals surface area contributed by atoms with E-state index < -0.39 is 0 Å². The maximum absolute atomic E-state index is 3.53. The summed E-state index contributed by atoms with van der Waals surface area (Å²) >= 11 is 0. The quantitative estimate of drug-likeness (QED) is 0.610. The van der Waals surface area contributed by atoms with Crippen molar-refractivity contribution in [3.63, 3.8) is 0 Å². The molecule has 0 bridgehead atoms. The SMILES string of the molecule is CC1CC/C(=C\C2(C)CCC2)CN1. The lowest BCUT2D eigenvalue weighted by Gasteiger charge is -2.37. The van der Waals surface area contributed by atoms with Crippen LogP contribution in [0.15, 0.2) is 11.6 Å². The van der Waals surface area contributed by atoms with Crippen molar-refractivity contribution in [3.8, 4) is 0 Å². The van der Waals surface area contributed by atoms with Gasteiger partial charge in [-0.1, -0.05) is 25.0 Å². The fourth-order valence-corrected chi connectivity index (χ4v) is 2.39. The molecule has 0 aromatic heterocycles. The number of allylic oxidation sites excluding steroid dienone is 1. The Kier molecular flexibility index (Phi) is 2.46. The molecule has 1 saturated heterocycles. The second kappa shape index (κ2) is 3.45. The molecule has 1 heteroatoms. The molecular weight excluding hydrogens is 158 g/mol. The van der Waals surface area contributed by atoms with Crippen LogP contribution in [0.3, 0.4) is 0 Å². The van der Waals surface area contributed by atoms with E-state index >= 15 is 0 Å². The fraction of sp³-hybridized carbons (Fsp3) is 0.833. The van der Waals surface area contributed by atoms with Crippen LogP contribution in [0.4, 0.5) is 0 Å². The topological polar surface area (TPSA) is 12.0 Å². The zero-order chi connectivity index (χ0) is 9.31. The molecule has 0 amide bonds. The summed E-state index contributed by atoms with van der Waals surface area (Å²) in [6.45, 7) is 5.82. The lowest BCUT2D eigenvalue weighted by atomic mass is 9.69. The Bertz CT molecular complexity index is 203. The zero-order valence-electron chi connectivity index (χ0n) is 8.90. The standard InChI is InChI=1S/C12H21N/c1-10-4-5-11(9-13-10)8-12(2)6-3-7-12/h8,10,13H,3-7,9H2,1-2H3/b11-8+. The van der Waals surface area contributed by atoms with E-state index in [9.17, 15) is 0 Å². The van der Waals surface area contributed by atoms with Crippen LogP contribution in [0.1, 0.15) is 46.0 Å². The first-order chi connectivity index (χ1) is 6.18. The Hall–Kier alpha value is -0.300. The Morgan fingerprint density at radius 3 is 2.69 bits per heavy atom. The van der Waals surface area contributed by atoms with Crippen LogP contribution in [0.2, 0.25) is 0 Å². The molecule has 1 nitrogen and oxygen atoms in total. The van der Waals surface area contributed by atoms with E-state index in [4.69, 9.17) is 0 Å². The highest BCUT2D eigenvalue weighted by molar-refractivity contribution is 5.15. The largest absolute Gasteiger partial charge is 0.311 e. The van der Waals surface area contributed by atoms with Crippen LogP contribution in [-0.4, -0.2) is 12.6 Å². The Labute approximate surface area is 81.6 Å². The van der Waals surface area contributed by atoms with Crippen molar-refractivity contribution in [2.75, 3.05) is 6.54 Å². The maximum Gasteiger partial charge on any atom is 0.0167 e. The van der Waals surface area contributed by atoms with Crippen molar-refractivity contribution in [1.82, 2.24) is 5.32 Å². The molecule has 0 aromatic rings. The van der Waals surface area contributed by atoms with Gasteiger partial charge in [0.15, 0.2) is 0 Å². The molecule has 1 atom stereocenters. The Morgan fingerprint density at radius 1 is 1.46 bits per heavy atom. The molecule has 2 aliphatic rings. The van der Waals surface area contributed by atoms with Gasteiger partial charge in [-0.2, -0.15) is 0 Å². The second-order valence-electron chi connectivity index (χ2n) is 5.13.